The van der Waals surface area contributed by atoms with Crippen LogP contribution in [0, 0.1) is 0 Å². The monoisotopic (exact) mass is 157 g/mol. The molecule has 1 aliphatic carbocycles. The Morgan fingerprint density at radius 2 is 2.18 bits per heavy atom. The molecule has 66 valence electrons. The smallest absolute Gasteiger partial charge is 0.0594 e. The van der Waals surface area contributed by atoms with E-state index in [1.165, 1.54) is 19.3 Å². The van der Waals surface area contributed by atoms with Gasteiger partial charge in [0.15, 0.2) is 0 Å². The Balaban J connectivity index is 1.80. The van der Waals surface area contributed by atoms with E-state index in [9.17, 15) is 0 Å². The highest BCUT2D eigenvalue weighted by Gasteiger charge is 2.16. The summed E-state index contributed by atoms with van der Waals surface area (Å²) in [6.45, 7) is 6.18. The summed E-state index contributed by atoms with van der Waals surface area (Å²) >= 11 is 0. The van der Waals surface area contributed by atoms with Gasteiger partial charge in [-0.15, -0.1) is 0 Å². The van der Waals surface area contributed by atoms with Crippen molar-refractivity contribution in [3.8, 4) is 0 Å². The van der Waals surface area contributed by atoms with Crippen LogP contribution in [-0.4, -0.2) is 25.3 Å². The normalized spacial score (nSPS) is 18.8. The first kappa shape index (κ1) is 9.01. The van der Waals surface area contributed by atoms with Gasteiger partial charge in [0.2, 0.25) is 0 Å². The Hall–Kier alpha value is -0.0800. The number of hydrogen-bond donors (Lipinski definition) is 1. The summed E-state index contributed by atoms with van der Waals surface area (Å²) < 4.78 is 5.57. The van der Waals surface area contributed by atoms with Gasteiger partial charge in [0.05, 0.1) is 12.7 Å². The Kier molecular flexibility index (Phi) is 3.87. The first-order valence-corrected chi connectivity index (χ1v) is 4.64. The fourth-order valence-corrected chi connectivity index (χ4v) is 1.11. The summed E-state index contributed by atoms with van der Waals surface area (Å²) in [7, 11) is 0. The van der Waals surface area contributed by atoms with E-state index in [4.69, 9.17) is 4.74 Å². The Morgan fingerprint density at radius 1 is 1.45 bits per heavy atom. The summed E-state index contributed by atoms with van der Waals surface area (Å²) in [6.07, 6.45) is 4.51. The molecule has 11 heavy (non-hydrogen) atoms. The molecule has 0 aliphatic heterocycles. The molecule has 0 atom stereocenters. The van der Waals surface area contributed by atoms with E-state index in [-0.39, 0.29) is 0 Å². The molecular formula is C9H19NO. The van der Waals surface area contributed by atoms with Crippen LogP contribution in [0.2, 0.25) is 0 Å². The molecule has 1 rings (SSSR count). The first-order chi connectivity index (χ1) is 5.29. The highest BCUT2D eigenvalue weighted by molar-refractivity contribution is 4.69. The maximum Gasteiger partial charge on any atom is 0.0594 e. The van der Waals surface area contributed by atoms with Gasteiger partial charge in [0, 0.05) is 12.6 Å². The van der Waals surface area contributed by atoms with Crippen molar-refractivity contribution in [2.24, 2.45) is 0 Å². The minimum absolute atomic E-state index is 0.583. The van der Waals surface area contributed by atoms with Crippen molar-refractivity contribution in [2.45, 2.75) is 45.3 Å². The van der Waals surface area contributed by atoms with Crippen LogP contribution in [0.5, 0.6) is 0 Å². The molecule has 0 saturated heterocycles. The zero-order valence-corrected chi connectivity index (χ0v) is 7.60. The van der Waals surface area contributed by atoms with Gasteiger partial charge in [0.1, 0.15) is 0 Å². The lowest BCUT2D eigenvalue weighted by atomic mass is 9.96. The molecule has 0 aromatic heterocycles. The molecule has 1 saturated carbocycles. The maximum atomic E-state index is 5.57. The van der Waals surface area contributed by atoms with Crippen LogP contribution >= 0.6 is 0 Å². The third-order valence-electron chi connectivity index (χ3n) is 2.06. The average molecular weight is 157 g/mol. The van der Waals surface area contributed by atoms with Crippen molar-refractivity contribution < 1.29 is 4.74 Å². The Morgan fingerprint density at radius 3 is 2.64 bits per heavy atom. The second-order valence-corrected chi connectivity index (χ2v) is 3.53. The maximum absolute atomic E-state index is 5.57. The minimum Gasteiger partial charge on any atom is -0.377 e. The average Bonchev–Trinajstić information content (AvgIpc) is 1.82. The first-order valence-electron chi connectivity index (χ1n) is 4.64. The van der Waals surface area contributed by atoms with Crippen LogP contribution in [0.3, 0.4) is 0 Å². The zero-order valence-electron chi connectivity index (χ0n) is 7.60. The van der Waals surface area contributed by atoms with Gasteiger partial charge < -0.3 is 10.1 Å². The predicted octanol–water partition coefficient (Wildman–Crippen LogP) is 1.55. The number of rotatable bonds is 5. The van der Waals surface area contributed by atoms with Crippen molar-refractivity contribution in [2.75, 3.05) is 13.2 Å². The van der Waals surface area contributed by atoms with Crippen molar-refractivity contribution in [1.29, 1.82) is 0 Å². The van der Waals surface area contributed by atoms with E-state index in [0.29, 0.717) is 12.1 Å². The highest BCUT2D eigenvalue weighted by Crippen LogP contribution is 2.21. The lowest BCUT2D eigenvalue weighted by Crippen LogP contribution is -2.30. The molecule has 2 heteroatoms. The van der Waals surface area contributed by atoms with Crippen molar-refractivity contribution in [3.05, 3.63) is 0 Å². The second kappa shape index (κ2) is 4.73. The van der Waals surface area contributed by atoms with Gasteiger partial charge >= 0.3 is 0 Å². The quantitative estimate of drug-likeness (QED) is 0.611. The standard InChI is InChI=1S/C9H19NO/c1-8(2)10-6-7-11-9-4-3-5-9/h8-10H,3-7H2,1-2H3. The molecule has 0 heterocycles. The second-order valence-electron chi connectivity index (χ2n) is 3.53. The molecule has 1 aliphatic rings. The molecule has 0 spiro atoms. The van der Waals surface area contributed by atoms with Crippen molar-refractivity contribution >= 4 is 0 Å². The van der Waals surface area contributed by atoms with Crippen molar-refractivity contribution in [3.63, 3.8) is 0 Å². The van der Waals surface area contributed by atoms with Crippen LogP contribution in [0.25, 0.3) is 0 Å². The lowest BCUT2D eigenvalue weighted by molar-refractivity contribution is 0.00378. The zero-order chi connectivity index (χ0) is 8.10. The van der Waals surface area contributed by atoms with Crippen LogP contribution in [0.4, 0.5) is 0 Å². The SMILES string of the molecule is CC(C)NCCOC1CCC1. The summed E-state index contributed by atoms with van der Waals surface area (Å²) in [5.41, 5.74) is 0. The molecule has 0 bridgehead atoms. The van der Waals surface area contributed by atoms with Crippen LogP contribution < -0.4 is 5.32 Å². The summed E-state index contributed by atoms with van der Waals surface area (Å²) in [5, 5.41) is 3.32. The van der Waals surface area contributed by atoms with Gasteiger partial charge in [-0.25, -0.2) is 0 Å². The van der Waals surface area contributed by atoms with E-state index >= 15 is 0 Å². The van der Waals surface area contributed by atoms with Crippen LogP contribution in [0.1, 0.15) is 33.1 Å². The van der Waals surface area contributed by atoms with Gasteiger partial charge in [0.25, 0.3) is 0 Å². The van der Waals surface area contributed by atoms with Gasteiger partial charge in [-0.3, -0.25) is 0 Å². The van der Waals surface area contributed by atoms with E-state index < -0.39 is 0 Å². The van der Waals surface area contributed by atoms with Gasteiger partial charge in [-0.2, -0.15) is 0 Å². The molecule has 0 amide bonds. The summed E-state index contributed by atoms with van der Waals surface area (Å²) in [4.78, 5) is 0. The third kappa shape index (κ3) is 3.73. The van der Waals surface area contributed by atoms with Crippen molar-refractivity contribution in [1.82, 2.24) is 5.32 Å². The molecule has 0 aromatic carbocycles. The van der Waals surface area contributed by atoms with Crippen LogP contribution in [0.15, 0.2) is 0 Å². The molecule has 0 radical (unpaired) electrons. The van der Waals surface area contributed by atoms with E-state index in [1.54, 1.807) is 0 Å². The molecule has 1 fully saturated rings. The lowest BCUT2D eigenvalue weighted by Gasteiger charge is -2.25. The van der Waals surface area contributed by atoms with E-state index in [0.717, 1.165) is 13.2 Å². The Bertz CT molecular complexity index is 99.7. The van der Waals surface area contributed by atoms with Gasteiger partial charge in [-0.1, -0.05) is 13.8 Å². The highest BCUT2D eigenvalue weighted by atomic mass is 16.5. The number of hydrogen-bond acceptors (Lipinski definition) is 2. The van der Waals surface area contributed by atoms with Crippen LogP contribution in [-0.2, 0) is 4.74 Å². The van der Waals surface area contributed by atoms with Gasteiger partial charge in [-0.05, 0) is 19.3 Å². The molecule has 1 N–H and O–H groups in total. The predicted molar refractivity (Wildman–Crippen MR) is 46.7 cm³/mol. The summed E-state index contributed by atoms with van der Waals surface area (Å²) in [6, 6.07) is 0.583. The molecular weight excluding hydrogens is 138 g/mol. The Labute approximate surface area is 69.3 Å². The molecule has 0 unspecified atom stereocenters. The third-order valence-corrected chi connectivity index (χ3v) is 2.06. The summed E-state index contributed by atoms with van der Waals surface area (Å²) in [5.74, 6) is 0. The number of nitrogens with one attached hydrogen (secondary N) is 1. The minimum atomic E-state index is 0.583. The van der Waals surface area contributed by atoms with E-state index in [2.05, 4.69) is 19.2 Å². The fourth-order valence-electron chi connectivity index (χ4n) is 1.11. The molecule has 2 nitrogen and oxygen atoms in total. The topological polar surface area (TPSA) is 21.3 Å². The van der Waals surface area contributed by atoms with E-state index in [1.807, 2.05) is 0 Å². The number of ether oxygens (including phenoxy) is 1. The fraction of sp³-hybridized carbons (Fsp3) is 1.00. The molecule has 0 aromatic rings. The largest absolute Gasteiger partial charge is 0.377 e.